The van der Waals surface area contributed by atoms with Crippen molar-refractivity contribution in [1.29, 1.82) is 0 Å². The zero-order valence-electron chi connectivity index (χ0n) is 42.2. The topological polar surface area (TPSA) is 116 Å². The highest BCUT2D eigenvalue weighted by atomic mass is 28.4. The Bertz CT molecular complexity index is 1830. The summed E-state index contributed by atoms with van der Waals surface area (Å²) in [4.78, 5) is 46.1. The molecule has 0 spiro atoms. The van der Waals surface area contributed by atoms with Crippen LogP contribution in [-0.2, 0) is 41.5 Å². The number of carbonyl (C=O) groups excluding carboxylic acids is 3. The van der Waals surface area contributed by atoms with Crippen LogP contribution in [-0.4, -0.2) is 100 Å². The summed E-state index contributed by atoms with van der Waals surface area (Å²) in [5.74, 6) is -2.29. The summed E-state index contributed by atoms with van der Waals surface area (Å²) < 4.78 is 51.3. The Morgan fingerprint density at radius 3 is 1.80 bits per heavy atom. The van der Waals surface area contributed by atoms with Gasteiger partial charge in [-0.15, -0.1) is 0 Å². The number of rotatable bonds is 21. The molecule has 359 valence electrons. The molecular formula is C50H83O10Si4. The van der Waals surface area contributed by atoms with E-state index in [-0.39, 0.29) is 12.4 Å². The van der Waals surface area contributed by atoms with Gasteiger partial charge in [0.1, 0.15) is 23.9 Å². The van der Waals surface area contributed by atoms with E-state index in [2.05, 4.69) is 103 Å². The SMILES string of the molecule is C=CC(=O)O[C@@]12CO[C@@H]1C[C@H](O[Si](CC)(CC)CC)[C@@]1(C)C(=O)[C@H](O[Si](CC)(CC)CC)C3=C(C)[C@@H](O[Si](CC)(CC)CC)C[C@@](O[Si](C)C)([C@@H](OC(=O)c4ccccc4)[C@H]21)C3(C)C. The molecule has 10 nitrogen and oxygen atoms in total. The Morgan fingerprint density at radius 2 is 1.33 bits per heavy atom. The smallest absolute Gasteiger partial charge is 0.338 e. The zero-order valence-corrected chi connectivity index (χ0v) is 46.2. The van der Waals surface area contributed by atoms with Gasteiger partial charge in [0.15, 0.2) is 36.3 Å². The Labute approximate surface area is 391 Å². The van der Waals surface area contributed by atoms with Crippen LogP contribution in [0.15, 0.2) is 54.1 Å². The van der Waals surface area contributed by atoms with Crippen LogP contribution in [0, 0.1) is 16.7 Å². The minimum atomic E-state index is -2.58. The molecule has 2 saturated carbocycles. The third-order valence-corrected chi connectivity index (χ3v) is 32.0. The fourth-order valence-corrected chi connectivity index (χ4v) is 22.1. The summed E-state index contributed by atoms with van der Waals surface area (Å²) in [5, 5.41) is 0. The molecular weight excluding hydrogens is 873 g/mol. The molecule has 2 bridgehead atoms. The van der Waals surface area contributed by atoms with Gasteiger partial charge >= 0.3 is 11.9 Å². The molecule has 1 saturated heterocycles. The average molecular weight is 957 g/mol. The summed E-state index contributed by atoms with van der Waals surface area (Å²) >= 11 is 0. The molecule has 0 N–H and O–H groups in total. The summed E-state index contributed by atoms with van der Waals surface area (Å²) in [6.45, 7) is 36.4. The number of benzene rings is 1. The fraction of sp³-hybridized carbons (Fsp3) is 0.740. The van der Waals surface area contributed by atoms with Gasteiger partial charge in [-0.05, 0) is 105 Å². The first-order valence-corrected chi connectivity index (χ1v) is 34.7. The second-order valence-corrected chi connectivity index (χ2v) is 36.4. The molecule has 5 rings (SSSR count). The lowest BCUT2D eigenvalue weighted by molar-refractivity contribution is -0.342. The van der Waals surface area contributed by atoms with Gasteiger partial charge in [-0.2, -0.15) is 0 Å². The van der Waals surface area contributed by atoms with Gasteiger partial charge in [0.25, 0.3) is 0 Å². The van der Waals surface area contributed by atoms with E-state index in [0.29, 0.717) is 18.4 Å². The molecule has 4 aliphatic rings. The number of fused-ring (bicyclic) bond motifs is 5. The second-order valence-electron chi connectivity index (χ2n) is 20.2. The van der Waals surface area contributed by atoms with Gasteiger partial charge in [0.05, 0.1) is 35.7 Å². The van der Waals surface area contributed by atoms with Crippen LogP contribution in [0.2, 0.25) is 67.5 Å². The maximum Gasteiger partial charge on any atom is 0.338 e. The first-order chi connectivity index (χ1) is 30.2. The number of ether oxygens (including phenoxy) is 3. The van der Waals surface area contributed by atoms with Crippen molar-refractivity contribution < 1.29 is 46.3 Å². The van der Waals surface area contributed by atoms with Gasteiger partial charge in [-0.25, -0.2) is 9.59 Å². The highest BCUT2D eigenvalue weighted by molar-refractivity contribution is 6.74. The van der Waals surface area contributed by atoms with Crippen LogP contribution < -0.4 is 0 Å². The fourth-order valence-electron chi connectivity index (χ4n) is 12.4. The number of hydrogen-bond acceptors (Lipinski definition) is 10. The maximum atomic E-state index is 17.1. The minimum absolute atomic E-state index is 0.00361. The van der Waals surface area contributed by atoms with E-state index < -0.39 is 104 Å². The molecule has 0 unspecified atom stereocenters. The van der Waals surface area contributed by atoms with Gasteiger partial charge in [0.2, 0.25) is 9.04 Å². The zero-order chi connectivity index (χ0) is 47.7. The number of Topliss-reactive ketones (excluding diaryl/α,β-unsaturated/α-hetero) is 1. The Hall–Kier alpha value is -2.02. The second kappa shape index (κ2) is 20.3. The van der Waals surface area contributed by atoms with Crippen molar-refractivity contribution >= 4 is 51.7 Å². The summed E-state index contributed by atoms with van der Waals surface area (Å²) in [6.07, 6.45) is -2.09. The lowest BCUT2D eigenvalue weighted by atomic mass is 9.44. The van der Waals surface area contributed by atoms with Gasteiger partial charge in [-0.3, -0.25) is 4.79 Å². The molecule has 14 heteroatoms. The normalized spacial score (nSPS) is 31.6. The van der Waals surface area contributed by atoms with Crippen molar-refractivity contribution in [1.82, 2.24) is 0 Å². The van der Waals surface area contributed by atoms with E-state index in [9.17, 15) is 4.79 Å². The molecule has 1 aromatic rings. The largest absolute Gasteiger partial charge is 0.455 e. The molecule has 1 heterocycles. The maximum absolute atomic E-state index is 17.1. The third-order valence-electron chi connectivity index (χ3n) is 17.3. The number of esters is 2. The van der Waals surface area contributed by atoms with Gasteiger partial charge in [0, 0.05) is 24.3 Å². The summed E-state index contributed by atoms with van der Waals surface area (Å²) in [5.41, 5.74) is -2.89. The lowest BCUT2D eigenvalue weighted by Crippen LogP contribution is -2.83. The lowest BCUT2D eigenvalue weighted by Gasteiger charge is -2.69. The van der Waals surface area contributed by atoms with Crippen LogP contribution >= 0.6 is 0 Å². The van der Waals surface area contributed by atoms with Crippen LogP contribution in [0.25, 0.3) is 0 Å². The molecule has 1 aromatic carbocycles. The molecule has 3 aliphatic carbocycles. The van der Waals surface area contributed by atoms with E-state index in [1.54, 1.807) is 12.1 Å². The third kappa shape index (κ3) is 8.80. The predicted octanol–water partition coefficient (Wildman–Crippen LogP) is 11.6. The van der Waals surface area contributed by atoms with Crippen molar-refractivity contribution in [3.8, 4) is 0 Å². The first-order valence-electron chi connectivity index (χ1n) is 24.7. The Morgan fingerprint density at radius 1 is 0.812 bits per heavy atom. The van der Waals surface area contributed by atoms with Crippen molar-refractivity contribution in [3.63, 3.8) is 0 Å². The number of hydrogen-bond donors (Lipinski definition) is 0. The first kappa shape index (κ1) is 52.9. The van der Waals surface area contributed by atoms with Crippen LogP contribution in [0.5, 0.6) is 0 Å². The van der Waals surface area contributed by atoms with Crippen LogP contribution in [0.3, 0.4) is 0 Å². The van der Waals surface area contributed by atoms with Crippen molar-refractivity contribution in [2.45, 2.75) is 212 Å². The highest BCUT2D eigenvalue weighted by Crippen LogP contribution is 2.66. The predicted molar refractivity (Wildman–Crippen MR) is 264 cm³/mol. The van der Waals surface area contributed by atoms with Crippen LogP contribution in [0.1, 0.15) is 113 Å². The molecule has 0 aromatic heterocycles. The molecule has 3 fully saturated rings. The Kier molecular flexibility index (Phi) is 16.8. The minimum Gasteiger partial charge on any atom is -0.455 e. The number of ketones is 1. The average Bonchev–Trinajstić information content (AvgIpc) is 3.29. The number of carbonyl (C=O) groups is 3. The quantitative estimate of drug-likeness (QED) is 0.0510. The molecule has 9 atom stereocenters. The monoisotopic (exact) mass is 956 g/mol. The molecule has 1 radical (unpaired) electrons. The van der Waals surface area contributed by atoms with E-state index in [1.807, 2.05) is 25.1 Å². The molecule has 64 heavy (non-hydrogen) atoms. The van der Waals surface area contributed by atoms with Gasteiger partial charge < -0.3 is 31.9 Å². The Balaban J connectivity index is 2.04. The summed E-state index contributed by atoms with van der Waals surface area (Å²) in [7, 11) is -9.00. The molecule has 0 amide bonds. The van der Waals surface area contributed by atoms with E-state index in [1.165, 1.54) is 6.08 Å². The standard InChI is InChI=1S/C50H83O10Si4/c1-17-40(51)56-49-34-54-39(49)32-38(58-63(21-5,22-6)23-7)48(14)43(49)45(55-46(53)36-30-28-27-29-31-36)50(60-61(15)16)33-37(57-62(18-2,19-3)20-4)35(11)41(47(50,12)13)42(44(48)52)59-64(24-8,25-9)26-10/h17,27-31,37-39,42-43,45H,1,18-26,32-34H2,2-16H3/t37-,38-,39+,42+,43-,45-,48+,49-,50+/m0/s1. The highest BCUT2D eigenvalue weighted by Gasteiger charge is 2.79. The summed E-state index contributed by atoms with van der Waals surface area (Å²) in [6, 6.07) is 16.9. The van der Waals surface area contributed by atoms with Gasteiger partial charge in [-0.1, -0.05) is 101 Å². The van der Waals surface area contributed by atoms with Crippen LogP contribution in [0.4, 0.5) is 0 Å². The van der Waals surface area contributed by atoms with E-state index >= 15 is 9.59 Å². The molecule has 1 aliphatic heterocycles. The van der Waals surface area contributed by atoms with Crippen molar-refractivity contribution in [2.75, 3.05) is 6.61 Å². The van der Waals surface area contributed by atoms with E-state index in [4.69, 9.17) is 31.9 Å². The van der Waals surface area contributed by atoms with Crippen molar-refractivity contribution in [3.05, 3.63) is 59.7 Å². The van der Waals surface area contributed by atoms with E-state index in [0.717, 1.165) is 65.5 Å². The van der Waals surface area contributed by atoms with Crippen molar-refractivity contribution in [2.24, 2.45) is 16.7 Å².